The van der Waals surface area contributed by atoms with Crippen molar-refractivity contribution < 1.29 is 19.1 Å². The first-order valence-corrected chi connectivity index (χ1v) is 6.19. The lowest BCUT2D eigenvalue weighted by atomic mass is 9.77. The Morgan fingerprint density at radius 1 is 1.06 bits per heavy atom. The van der Waals surface area contributed by atoms with Gasteiger partial charge < -0.3 is 4.74 Å². The first-order chi connectivity index (χ1) is 8.02. The van der Waals surface area contributed by atoms with Crippen molar-refractivity contribution in [2.75, 3.05) is 6.61 Å². The summed E-state index contributed by atoms with van der Waals surface area (Å²) in [4.78, 5) is 34.0. The van der Waals surface area contributed by atoms with Crippen LogP contribution in [-0.2, 0) is 19.1 Å². The van der Waals surface area contributed by atoms with Crippen LogP contribution >= 0.6 is 0 Å². The molecule has 2 atom stereocenters. The number of hydrogen-bond acceptors (Lipinski definition) is 4. The van der Waals surface area contributed by atoms with E-state index in [-0.39, 0.29) is 42.4 Å². The van der Waals surface area contributed by atoms with E-state index in [2.05, 4.69) is 0 Å². The Labute approximate surface area is 102 Å². The van der Waals surface area contributed by atoms with Crippen LogP contribution < -0.4 is 0 Å². The summed E-state index contributed by atoms with van der Waals surface area (Å²) in [6.07, 6.45) is 3.73. The molecule has 0 spiro atoms. The standard InChI is InChI=1S/C13H20O4/c1-9(14)7-8-17-13(16)12-6-4-3-5-11(12)10(2)15/h11-12H,3-8H2,1-2H3. The van der Waals surface area contributed by atoms with E-state index in [4.69, 9.17) is 4.74 Å². The molecule has 0 aromatic rings. The SMILES string of the molecule is CC(=O)CCOC(=O)C1CCCCC1C(C)=O. The van der Waals surface area contributed by atoms with E-state index in [0.29, 0.717) is 0 Å². The molecule has 1 rings (SSSR count). The fourth-order valence-electron chi connectivity index (χ4n) is 2.30. The molecular formula is C13H20O4. The first kappa shape index (κ1) is 13.9. The zero-order valence-corrected chi connectivity index (χ0v) is 10.5. The van der Waals surface area contributed by atoms with E-state index in [9.17, 15) is 14.4 Å². The average molecular weight is 240 g/mol. The number of ketones is 2. The quantitative estimate of drug-likeness (QED) is 0.689. The van der Waals surface area contributed by atoms with E-state index in [0.717, 1.165) is 25.7 Å². The van der Waals surface area contributed by atoms with Crippen molar-refractivity contribution in [1.82, 2.24) is 0 Å². The van der Waals surface area contributed by atoms with Gasteiger partial charge >= 0.3 is 5.97 Å². The molecule has 1 aliphatic carbocycles. The maximum Gasteiger partial charge on any atom is 0.309 e. The van der Waals surface area contributed by atoms with E-state index in [1.54, 1.807) is 0 Å². The number of hydrogen-bond donors (Lipinski definition) is 0. The molecule has 0 saturated heterocycles. The minimum absolute atomic E-state index is 0.00422. The number of Topliss-reactive ketones (excluding diaryl/α,β-unsaturated/α-hetero) is 2. The Kier molecular flexibility index (Phi) is 5.32. The topological polar surface area (TPSA) is 60.4 Å². The molecular weight excluding hydrogens is 220 g/mol. The van der Waals surface area contributed by atoms with Gasteiger partial charge in [-0.3, -0.25) is 14.4 Å². The Balaban J connectivity index is 2.47. The van der Waals surface area contributed by atoms with E-state index in [1.165, 1.54) is 13.8 Å². The molecule has 1 saturated carbocycles. The molecule has 0 aliphatic heterocycles. The van der Waals surface area contributed by atoms with Crippen LogP contribution in [0.1, 0.15) is 46.0 Å². The molecule has 0 N–H and O–H groups in total. The van der Waals surface area contributed by atoms with Gasteiger partial charge in [-0.15, -0.1) is 0 Å². The summed E-state index contributed by atoms with van der Waals surface area (Å²) in [5.74, 6) is -0.726. The van der Waals surface area contributed by atoms with E-state index >= 15 is 0 Å². The van der Waals surface area contributed by atoms with Crippen LogP contribution in [0.25, 0.3) is 0 Å². The number of carbonyl (C=O) groups excluding carboxylic acids is 3. The van der Waals surface area contributed by atoms with Crippen LogP contribution in [0.3, 0.4) is 0 Å². The molecule has 1 aliphatic rings. The lowest BCUT2D eigenvalue weighted by Gasteiger charge is -2.27. The Bertz CT molecular complexity index is 309. The second-order valence-electron chi connectivity index (χ2n) is 4.73. The van der Waals surface area contributed by atoms with Gasteiger partial charge in [-0.2, -0.15) is 0 Å². The van der Waals surface area contributed by atoms with Crippen LogP contribution in [0.15, 0.2) is 0 Å². The van der Waals surface area contributed by atoms with Crippen LogP contribution in [0.5, 0.6) is 0 Å². The summed E-state index contributed by atoms with van der Waals surface area (Å²) in [5, 5.41) is 0. The van der Waals surface area contributed by atoms with Crippen molar-refractivity contribution in [1.29, 1.82) is 0 Å². The molecule has 0 amide bonds. The fourth-order valence-corrected chi connectivity index (χ4v) is 2.30. The number of esters is 1. The van der Waals surface area contributed by atoms with Gasteiger partial charge in [-0.1, -0.05) is 12.8 Å². The van der Waals surface area contributed by atoms with Gasteiger partial charge in [0.25, 0.3) is 0 Å². The Hall–Kier alpha value is -1.19. The highest BCUT2D eigenvalue weighted by Gasteiger charge is 2.34. The third-order valence-electron chi connectivity index (χ3n) is 3.29. The zero-order valence-electron chi connectivity index (χ0n) is 10.5. The molecule has 96 valence electrons. The van der Waals surface area contributed by atoms with Gasteiger partial charge in [0.1, 0.15) is 11.6 Å². The normalized spacial score (nSPS) is 24.1. The maximum atomic E-state index is 11.8. The van der Waals surface area contributed by atoms with E-state index < -0.39 is 0 Å². The van der Waals surface area contributed by atoms with Gasteiger partial charge in [0.05, 0.1) is 12.5 Å². The molecule has 17 heavy (non-hydrogen) atoms. The molecule has 0 heterocycles. The number of rotatable bonds is 5. The van der Waals surface area contributed by atoms with Crippen LogP contribution in [-0.4, -0.2) is 24.1 Å². The van der Waals surface area contributed by atoms with Crippen LogP contribution in [0.2, 0.25) is 0 Å². The maximum absolute atomic E-state index is 11.8. The summed E-state index contributed by atoms with van der Waals surface area (Å²) >= 11 is 0. The lowest BCUT2D eigenvalue weighted by molar-refractivity contribution is -0.154. The first-order valence-electron chi connectivity index (χ1n) is 6.19. The fraction of sp³-hybridized carbons (Fsp3) is 0.769. The van der Waals surface area contributed by atoms with Crippen molar-refractivity contribution in [3.05, 3.63) is 0 Å². The highest BCUT2D eigenvalue weighted by atomic mass is 16.5. The van der Waals surface area contributed by atoms with Crippen molar-refractivity contribution in [3.8, 4) is 0 Å². The smallest absolute Gasteiger partial charge is 0.309 e. The van der Waals surface area contributed by atoms with Crippen molar-refractivity contribution in [3.63, 3.8) is 0 Å². The van der Waals surface area contributed by atoms with Crippen molar-refractivity contribution in [2.24, 2.45) is 11.8 Å². The zero-order chi connectivity index (χ0) is 12.8. The van der Waals surface area contributed by atoms with Gasteiger partial charge in [0.2, 0.25) is 0 Å². The van der Waals surface area contributed by atoms with Gasteiger partial charge in [-0.05, 0) is 26.7 Å². The number of carbonyl (C=O) groups is 3. The third kappa shape index (κ3) is 4.29. The third-order valence-corrected chi connectivity index (χ3v) is 3.29. The summed E-state index contributed by atoms with van der Waals surface area (Å²) in [7, 11) is 0. The van der Waals surface area contributed by atoms with Crippen molar-refractivity contribution in [2.45, 2.75) is 46.0 Å². The molecule has 0 bridgehead atoms. The summed E-state index contributed by atoms with van der Waals surface area (Å²) in [6, 6.07) is 0. The Morgan fingerprint density at radius 2 is 1.65 bits per heavy atom. The molecule has 0 aromatic carbocycles. The summed E-state index contributed by atoms with van der Waals surface area (Å²) in [5.41, 5.74) is 0. The second-order valence-corrected chi connectivity index (χ2v) is 4.73. The van der Waals surface area contributed by atoms with Crippen LogP contribution in [0.4, 0.5) is 0 Å². The summed E-state index contributed by atoms with van der Waals surface area (Å²) < 4.78 is 5.06. The molecule has 1 fully saturated rings. The average Bonchev–Trinajstić information content (AvgIpc) is 2.28. The molecule has 0 radical (unpaired) electrons. The van der Waals surface area contributed by atoms with Gasteiger partial charge in [0.15, 0.2) is 0 Å². The largest absolute Gasteiger partial charge is 0.465 e. The second kappa shape index (κ2) is 6.52. The molecule has 0 aromatic heterocycles. The number of ether oxygens (including phenoxy) is 1. The molecule has 4 nitrogen and oxygen atoms in total. The van der Waals surface area contributed by atoms with E-state index in [1.807, 2.05) is 0 Å². The van der Waals surface area contributed by atoms with Gasteiger partial charge in [0, 0.05) is 12.3 Å². The van der Waals surface area contributed by atoms with Crippen molar-refractivity contribution >= 4 is 17.5 Å². The molecule has 2 unspecified atom stereocenters. The predicted molar refractivity (Wildman–Crippen MR) is 62.4 cm³/mol. The predicted octanol–water partition coefficient (Wildman–Crippen LogP) is 1.90. The lowest BCUT2D eigenvalue weighted by Crippen LogP contribution is -2.33. The Morgan fingerprint density at radius 3 is 2.18 bits per heavy atom. The van der Waals surface area contributed by atoms with Crippen LogP contribution in [0, 0.1) is 11.8 Å². The highest BCUT2D eigenvalue weighted by Crippen LogP contribution is 2.31. The minimum Gasteiger partial charge on any atom is -0.465 e. The highest BCUT2D eigenvalue weighted by molar-refractivity contribution is 5.85. The monoisotopic (exact) mass is 240 g/mol. The van der Waals surface area contributed by atoms with Gasteiger partial charge in [-0.25, -0.2) is 0 Å². The summed E-state index contributed by atoms with van der Waals surface area (Å²) in [6.45, 7) is 3.13. The minimum atomic E-state index is -0.314. The molecule has 4 heteroatoms.